The van der Waals surface area contributed by atoms with E-state index in [2.05, 4.69) is 5.32 Å². The molecule has 0 spiro atoms. The van der Waals surface area contributed by atoms with Crippen molar-refractivity contribution >= 4 is 29.1 Å². The van der Waals surface area contributed by atoms with E-state index >= 15 is 0 Å². The van der Waals surface area contributed by atoms with Crippen LogP contribution in [0.25, 0.3) is 0 Å². The highest BCUT2D eigenvalue weighted by Gasteiger charge is 2.09. The van der Waals surface area contributed by atoms with Crippen molar-refractivity contribution in [1.29, 1.82) is 0 Å². The van der Waals surface area contributed by atoms with Gasteiger partial charge >= 0.3 is 0 Å². The van der Waals surface area contributed by atoms with Gasteiger partial charge in [0.15, 0.2) is 5.78 Å². The van der Waals surface area contributed by atoms with Gasteiger partial charge in [-0.2, -0.15) is 0 Å². The number of rotatable bonds is 5. The number of halogens is 1. The number of nitrogens with one attached hydrogen (secondary N) is 1. The lowest BCUT2D eigenvalue weighted by molar-refractivity contribution is -0.114. The number of carbonyl (C=O) groups excluding carboxylic acids is 2. The van der Waals surface area contributed by atoms with E-state index in [0.29, 0.717) is 16.1 Å². The number of hydrogen-bond acceptors (Lipinski definition) is 3. The highest BCUT2D eigenvalue weighted by molar-refractivity contribution is 8.00. The molecule has 0 aromatic heterocycles. The normalized spacial score (nSPS) is 10.2. The Morgan fingerprint density at radius 2 is 1.76 bits per heavy atom. The van der Waals surface area contributed by atoms with Crippen LogP contribution in [0.5, 0.6) is 0 Å². The molecule has 0 aliphatic heterocycles. The van der Waals surface area contributed by atoms with E-state index in [0.717, 1.165) is 0 Å². The van der Waals surface area contributed by atoms with Gasteiger partial charge in [-0.05, 0) is 36.4 Å². The zero-order valence-electron chi connectivity index (χ0n) is 11.4. The van der Waals surface area contributed by atoms with Crippen LogP contribution in [0.1, 0.15) is 17.3 Å². The third-order valence-corrected chi connectivity index (χ3v) is 3.77. The Bertz CT molecular complexity index is 656. The van der Waals surface area contributed by atoms with Gasteiger partial charge < -0.3 is 5.32 Å². The van der Waals surface area contributed by atoms with E-state index in [4.69, 9.17) is 0 Å². The largest absolute Gasteiger partial charge is 0.326 e. The number of hydrogen-bond donors (Lipinski definition) is 1. The minimum atomic E-state index is -0.323. The topological polar surface area (TPSA) is 46.2 Å². The SMILES string of the molecule is CC(=O)Nc1ccc(C(=O)CSc2ccccc2F)cc1. The molecule has 3 nitrogen and oxygen atoms in total. The molecular weight excluding hydrogens is 289 g/mol. The van der Waals surface area contributed by atoms with E-state index in [9.17, 15) is 14.0 Å². The van der Waals surface area contributed by atoms with E-state index in [1.54, 1.807) is 42.5 Å². The third kappa shape index (κ3) is 4.43. The predicted octanol–water partition coefficient (Wildman–Crippen LogP) is 3.76. The summed E-state index contributed by atoms with van der Waals surface area (Å²) >= 11 is 1.17. The second kappa shape index (κ2) is 7.04. The first kappa shape index (κ1) is 15.3. The van der Waals surface area contributed by atoms with E-state index in [-0.39, 0.29) is 23.3 Å². The molecule has 2 rings (SSSR count). The second-order valence-electron chi connectivity index (χ2n) is 4.40. The Labute approximate surface area is 126 Å². The van der Waals surface area contributed by atoms with Gasteiger partial charge in [-0.15, -0.1) is 11.8 Å². The van der Waals surface area contributed by atoms with Crippen molar-refractivity contribution in [3.8, 4) is 0 Å². The standard InChI is InChI=1S/C16H14FNO2S/c1-11(19)18-13-8-6-12(7-9-13)15(20)10-21-16-5-3-2-4-14(16)17/h2-9H,10H2,1H3,(H,18,19). The van der Waals surface area contributed by atoms with E-state index in [1.165, 1.54) is 24.8 Å². The third-order valence-electron chi connectivity index (χ3n) is 2.72. The van der Waals surface area contributed by atoms with Gasteiger partial charge in [0.2, 0.25) is 5.91 Å². The molecule has 0 heterocycles. The lowest BCUT2D eigenvalue weighted by Crippen LogP contribution is -2.07. The summed E-state index contributed by atoms with van der Waals surface area (Å²) in [7, 11) is 0. The quantitative estimate of drug-likeness (QED) is 0.676. The summed E-state index contributed by atoms with van der Waals surface area (Å²) < 4.78 is 13.4. The molecule has 2 aromatic rings. The van der Waals surface area contributed by atoms with Gasteiger partial charge in [0.25, 0.3) is 0 Å². The fraction of sp³-hybridized carbons (Fsp3) is 0.125. The Morgan fingerprint density at radius 1 is 1.10 bits per heavy atom. The number of amides is 1. The minimum absolute atomic E-state index is 0.0855. The Morgan fingerprint density at radius 3 is 2.38 bits per heavy atom. The van der Waals surface area contributed by atoms with Crippen LogP contribution in [0.15, 0.2) is 53.4 Å². The van der Waals surface area contributed by atoms with Crippen LogP contribution in [-0.2, 0) is 4.79 Å². The molecular formula is C16H14FNO2S. The zero-order chi connectivity index (χ0) is 15.2. The summed E-state index contributed by atoms with van der Waals surface area (Å²) in [5, 5.41) is 2.63. The van der Waals surface area contributed by atoms with Crippen LogP contribution in [0.2, 0.25) is 0 Å². The molecule has 0 unspecified atom stereocenters. The highest BCUT2D eigenvalue weighted by atomic mass is 32.2. The van der Waals surface area contributed by atoms with Gasteiger partial charge in [-0.25, -0.2) is 4.39 Å². The van der Waals surface area contributed by atoms with E-state index in [1.807, 2.05) is 0 Å². The number of ketones is 1. The van der Waals surface area contributed by atoms with Crippen LogP contribution in [-0.4, -0.2) is 17.4 Å². The van der Waals surface area contributed by atoms with Gasteiger partial charge in [-0.3, -0.25) is 9.59 Å². The number of anilines is 1. The van der Waals surface area contributed by atoms with Crippen molar-refractivity contribution < 1.29 is 14.0 Å². The molecule has 5 heteroatoms. The fourth-order valence-corrected chi connectivity index (χ4v) is 2.57. The van der Waals surface area contributed by atoms with Crippen molar-refractivity contribution in [2.45, 2.75) is 11.8 Å². The number of carbonyl (C=O) groups is 2. The molecule has 0 aliphatic carbocycles. The van der Waals surface area contributed by atoms with Crippen molar-refractivity contribution in [2.75, 3.05) is 11.1 Å². The maximum Gasteiger partial charge on any atom is 0.221 e. The Kier molecular flexibility index (Phi) is 5.11. The number of Topliss-reactive ketones (excluding diaryl/α,β-unsaturated/α-hetero) is 1. The first-order valence-corrected chi connectivity index (χ1v) is 7.33. The molecule has 21 heavy (non-hydrogen) atoms. The highest BCUT2D eigenvalue weighted by Crippen LogP contribution is 2.22. The maximum atomic E-state index is 13.4. The summed E-state index contributed by atoms with van der Waals surface area (Å²) in [5.41, 5.74) is 1.17. The first-order chi connectivity index (χ1) is 10.1. The van der Waals surface area contributed by atoms with Gasteiger partial charge in [-0.1, -0.05) is 12.1 Å². The second-order valence-corrected chi connectivity index (χ2v) is 5.42. The number of thioether (sulfide) groups is 1. The lowest BCUT2D eigenvalue weighted by Gasteiger charge is -2.05. The summed E-state index contributed by atoms with van der Waals surface area (Å²) in [4.78, 5) is 23.4. The summed E-state index contributed by atoms with van der Waals surface area (Å²) in [5.74, 6) is -0.404. The van der Waals surface area contributed by atoms with Gasteiger partial charge in [0.05, 0.1) is 5.75 Å². The van der Waals surface area contributed by atoms with Crippen LogP contribution in [0.4, 0.5) is 10.1 Å². The molecule has 0 atom stereocenters. The van der Waals surface area contributed by atoms with Crippen LogP contribution < -0.4 is 5.32 Å². The minimum Gasteiger partial charge on any atom is -0.326 e. The summed E-state index contributed by atoms with van der Waals surface area (Å²) in [6, 6.07) is 13.0. The van der Waals surface area contributed by atoms with Crippen LogP contribution >= 0.6 is 11.8 Å². The molecule has 0 aliphatic rings. The molecule has 2 aromatic carbocycles. The lowest BCUT2D eigenvalue weighted by atomic mass is 10.1. The molecule has 0 saturated carbocycles. The maximum absolute atomic E-state index is 13.4. The Hall–Kier alpha value is -2.14. The van der Waals surface area contributed by atoms with Crippen molar-refractivity contribution in [1.82, 2.24) is 0 Å². The molecule has 1 amide bonds. The van der Waals surface area contributed by atoms with E-state index < -0.39 is 0 Å². The number of benzene rings is 2. The van der Waals surface area contributed by atoms with Crippen LogP contribution in [0, 0.1) is 5.82 Å². The van der Waals surface area contributed by atoms with Crippen LogP contribution in [0.3, 0.4) is 0 Å². The fourth-order valence-electron chi connectivity index (χ4n) is 1.73. The molecule has 0 radical (unpaired) electrons. The average Bonchev–Trinajstić information content (AvgIpc) is 2.46. The monoisotopic (exact) mass is 303 g/mol. The molecule has 0 bridgehead atoms. The predicted molar refractivity (Wildman–Crippen MR) is 82.2 cm³/mol. The molecule has 1 N–H and O–H groups in total. The van der Waals surface area contributed by atoms with Crippen molar-refractivity contribution in [3.05, 3.63) is 59.9 Å². The Balaban J connectivity index is 1.97. The average molecular weight is 303 g/mol. The first-order valence-electron chi connectivity index (χ1n) is 6.34. The summed E-state index contributed by atoms with van der Waals surface area (Å²) in [6.45, 7) is 1.42. The summed E-state index contributed by atoms with van der Waals surface area (Å²) in [6.07, 6.45) is 0. The molecule has 108 valence electrons. The van der Waals surface area contributed by atoms with Crippen molar-refractivity contribution in [3.63, 3.8) is 0 Å². The molecule has 0 saturated heterocycles. The smallest absolute Gasteiger partial charge is 0.221 e. The molecule has 0 fully saturated rings. The van der Waals surface area contributed by atoms with Gasteiger partial charge in [0.1, 0.15) is 5.82 Å². The van der Waals surface area contributed by atoms with Crippen molar-refractivity contribution in [2.24, 2.45) is 0 Å². The zero-order valence-corrected chi connectivity index (χ0v) is 12.2. The van der Waals surface area contributed by atoms with Gasteiger partial charge in [0, 0.05) is 23.1 Å².